The number of para-hydroxylation sites is 1. The number of fused-ring (bicyclic) bond motifs is 1. The molecular formula is C19H20N4. The molecule has 1 aliphatic heterocycles. The number of pyridine rings is 2. The van der Waals surface area contributed by atoms with Gasteiger partial charge in [0, 0.05) is 56.2 Å². The second-order valence-electron chi connectivity index (χ2n) is 6.01. The van der Waals surface area contributed by atoms with Crippen LogP contribution >= 0.6 is 0 Å². The molecule has 2 aromatic heterocycles. The number of nitrogens with one attached hydrogen (secondary N) is 1. The van der Waals surface area contributed by atoms with E-state index in [4.69, 9.17) is 0 Å². The van der Waals surface area contributed by atoms with Crippen LogP contribution in [0.15, 0.2) is 61.1 Å². The van der Waals surface area contributed by atoms with Crippen molar-refractivity contribution in [3.63, 3.8) is 0 Å². The first kappa shape index (κ1) is 14.3. The van der Waals surface area contributed by atoms with Crippen molar-refractivity contribution < 1.29 is 0 Å². The maximum absolute atomic E-state index is 4.59. The van der Waals surface area contributed by atoms with Gasteiger partial charge in [-0.25, -0.2) is 0 Å². The molecule has 0 radical (unpaired) electrons. The summed E-state index contributed by atoms with van der Waals surface area (Å²) < 4.78 is 0. The lowest BCUT2D eigenvalue weighted by molar-refractivity contribution is 0.153. The van der Waals surface area contributed by atoms with Gasteiger partial charge in [-0.05, 0) is 29.3 Å². The highest BCUT2D eigenvalue weighted by Crippen LogP contribution is 2.24. The standard InChI is InChI=1S/C19H20N4/c1-2-6-18-16(4-1)10-15(11-22-18)14-23-9-8-21-13-19(23)17-5-3-7-20-12-17/h1-7,10-12,19,21H,8-9,13-14H2. The van der Waals surface area contributed by atoms with Crippen LogP contribution in [0.3, 0.4) is 0 Å². The van der Waals surface area contributed by atoms with Crippen molar-refractivity contribution in [3.05, 3.63) is 72.2 Å². The maximum atomic E-state index is 4.59. The topological polar surface area (TPSA) is 41.1 Å². The second kappa shape index (κ2) is 6.44. The summed E-state index contributed by atoms with van der Waals surface area (Å²) in [5.41, 5.74) is 3.59. The Labute approximate surface area is 136 Å². The molecule has 23 heavy (non-hydrogen) atoms. The van der Waals surface area contributed by atoms with E-state index < -0.39 is 0 Å². The number of rotatable bonds is 3. The van der Waals surface area contributed by atoms with Gasteiger partial charge in [0.2, 0.25) is 0 Å². The van der Waals surface area contributed by atoms with Gasteiger partial charge in [0.05, 0.1) is 5.52 Å². The Morgan fingerprint density at radius 2 is 2.09 bits per heavy atom. The molecule has 4 heteroatoms. The lowest BCUT2D eigenvalue weighted by Crippen LogP contribution is -2.45. The number of aromatic nitrogens is 2. The van der Waals surface area contributed by atoms with Crippen LogP contribution in [0.4, 0.5) is 0 Å². The quantitative estimate of drug-likeness (QED) is 0.808. The average molecular weight is 304 g/mol. The van der Waals surface area contributed by atoms with E-state index in [1.165, 1.54) is 16.5 Å². The van der Waals surface area contributed by atoms with Crippen LogP contribution in [0.25, 0.3) is 10.9 Å². The van der Waals surface area contributed by atoms with Crippen LogP contribution < -0.4 is 5.32 Å². The Balaban J connectivity index is 1.59. The molecule has 1 unspecified atom stereocenters. The minimum Gasteiger partial charge on any atom is -0.314 e. The Kier molecular flexibility index (Phi) is 4.01. The zero-order valence-corrected chi connectivity index (χ0v) is 13.0. The van der Waals surface area contributed by atoms with Crippen molar-refractivity contribution in [2.75, 3.05) is 19.6 Å². The van der Waals surface area contributed by atoms with E-state index in [9.17, 15) is 0 Å². The zero-order chi connectivity index (χ0) is 15.5. The fraction of sp³-hybridized carbons (Fsp3) is 0.263. The van der Waals surface area contributed by atoms with Crippen molar-refractivity contribution in [3.8, 4) is 0 Å². The number of benzene rings is 1. The second-order valence-corrected chi connectivity index (χ2v) is 6.01. The van der Waals surface area contributed by atoms with Crippen molar-refractivity contribution in [1.82, 2.24) is 20.2 Å². The molecule has 0 amide bonds. The van der Waals surface area contributed by atoms with Crippen LogP contribution in [0.2, 0.25) is 0 Å². The monoisotopic (exact) mass is 304 g/mol. The van der Waals surface area contributed by atoms with E-state index in [1.54, 1.807) is 0 Å². The average Bonchev–Trinajstić information content (AvgIpc) is 2.63. The molecule has 0 spiro atoms. The molecule has 0 saturated carbocycles. The number of hydrogen-bond acceptors (Lipinski definition) is 4. The first-order chi connectivity index (χ1) is 11.4. The van der Waals surface area contributed by atoms with E-state index in [2.05, 4.69) is 50.5 Å². The molecule has 1 saturated heterocycles. The van der Waals surface area contributed by atoms with Gasteiger partial charge in [-0.15, -0.1) is 0 Å². The highest BCUT2D eigenvalue weighted by Gasteiger charge is 2.23. The zero-order valence-electron chi connectivity index (χ0n) is 13.0. The van der Waals surface area contributed by atoms with Crippen LogP contribution in [0, 0.1) is 0 Å². The van der Waals surface area contributed by atoms with Crippen molar-refractivity contribution in [2.45, 2.75) is 12.6 Å². The Morgan fingerprint density at radius 1 is 1.13 bits per heavy atom. The summed E-state index contributed by atoms with van der Waals surface area (Å²) in [5, 5.41) is 4.70. The summed E-state index contributed by atoms with van der Waals surface area (Å²) in [6.07, 6.45) is 5.81. The predicted octanol–water partition coefficient (Wildman–Crippen LogP) is 2.78. The third-order valence-electron chi connectivity index (χ3n) is 4.46. The summed E-state index contributed by atoms with van der Waals surface area (Å²) in [4.78, 5) is 11.4. The van der Waals surface area contributed by atoms with Gasteiger partial charge in [0.25, 0.3) is 0 Å². The van der Waals surface area contributed by atoms with E-state index in [0.29, 0.717) is 6.04 Å². The van der Waals surface area contributed by atoms with Gasteiger partial charge in [-0.3, -0.25) is 14.9 Å². The molecule has 4 nitrogen and oxygen atoms in total. The predicted molar refractivity (Wildman–Crippen MR) is 92.0 cm³/mol. The van der Waals surface area contributed by atoms with Crippen molar-refractivity contribution in [2.24, 2.45) is 0 Å². The van der Waals surface area contributed by atoms with Gasteiger partial charge < -0.3 is 5.32 Å². The Morgan fingerprint density at radius 3 is 3.00 bits per heavy atom. The summed E-state index contributed by atoms with van der Waals surface area (Å²) in [5.74, 6) is 0. The SMILES string of the molecule is c1cncc(C2CNCCN2Cc2cnc3ccccc3c2)c1. The molecule has 1 aliphatic rings. The van der Waals surface area contributed by atoms with E-state index in [0.717, 1.165) is 31.7 Å². The first-order valence-electron chi connectivity index (χ1n) is 8.08. The van der Waals surface area contributed by atoms with Gasteiger partial charge >= 0.3 is 0 Å². The van der Waals surface area contributed by atoms with E-state index in [1.807, 2.05) is 30.7 Å². The fourth-order valence-electron chi connectivity index (χ4n) is 3.27. The third-order valence-corrected chi connectivity index (χ3v) is 4.46. The summed E-state index contributed by atoms with van der Waals surface area (Å²) in [7, 11) is 0. The molecule has 1 fully saturated rings. The first-order valence-corrected chi connectivity index (χ1v) is 8.08. The molecular weight excluding hydrogens is 284 g/mol. The van der Waals surface area contributed by atoms with E-state index >= 15 is 0 Å². The van der Waals surface area contributed by atoms with Crippen molar-refractivity contribution in [1.29, 1.82) is 0 Å². The summed E-state index contributed by atoms with van der Waals surface area (Å²) >= 11 is 0. The van der Waals surface area contributed by atoms with E-state index in [-0.39, 0.29) is 0 Å². The molecule has 3 aromatic rings. The Bertz CT molecular complexity index is 787. The molecule has 1 atom stereocenters. The molecule has 1 N–H and O–H groups in total. The lowest BCUT2D eigenvalue weighted by Gasteiger charge is -2.36. The number of hydrogen-bond donors (Lipinski definition) is 1. The minimum atomic E-state index is 0.365. The largest absolute Gasteiger partial charge is 0.314 e. The van der Waals surface area contributed by atoms with Gasteiger partial charge in [0.1, 0.15) is 0 Å². The number of piperazine rings is 1. The maximum Gasteiger partial charge on any atom is 0.0702 e. The van der Waals surface area contributed by atoms with Crippen LogP contribution in [0.1, 0.15) is 17.2 Å². The summed E-state index contributed by atoms with van der Waals surface area (Å²) in [6.45, 7) is 3.94. The number of nitrogens with zero attached hydrogens (tertiary/aromatic N) is 3. The normalized spacial score (nSPS) is 19.0. The third kappa shape index (κ3) is 3.09. The smallest absolute Gasteiger partial charge is 0.0702 e. The molecule has 0 bridgehead atoms. The molecule has 0 aliphatic carbocycles. The fourth-order valence-corrected chi connectivity index (χ4v) is 3.27. The minimum absolute atomic E-state index is 0.365. The van der Waals surface area contributed by atoms with Crippen LogP contribution in [0.5, 0.6) is 0 Å². The highest BCUT2D eigenvalue weighted by molar-refractivity contribution is 5.78. The van der Waals surface area contributed by atoms with Gasteiger partial charge in [0.15, 0.2) is 0 Å². The van der Waals surface area contributed by atoms with Crippen molar-refractivity contribution >= 4 is 10.9 Å². The molecule has 3 heterocycles. The van der Waals surface area contributed by atoms with Gasteiger partial charge in [-0.2, -0.15) is 0 Å². The molecule has 1 aromatic carbocycles. The van der Waals surface area contributed by atoms with Crippen LogP contribution in [-0.4, -0.2) is 34.5 Å². The molecule has 116 valence electrons. The van der Waals surface area contributed by atoms with Crippen LogP contribution in [-0.2, 0) is 6.54 Å². The summed E-state index contributed by atoms with van der Waals surface area (Å²) in [6, 6.07) is 15.1. The molecule has 4 rings (SSSR count). The highest BCUT2D eigenvalue weighted by atomic mass is 15.2. The Hall–Kier alpha value is -2.30. The lowest BCUT2D eigenvalue weighted by atomic mass is 10.0. The van der Waals surface area contributed by atoms with Gasteiger partial charge in [-0.1, -0.05) is 24.3 Å².